The van der Waals surface area contributed by atoms with Crippen LogP contribution in [0.2, 0.25) is 0 Å². The minimum Gasteiger partial charge on any atom is -0.348 e. The number of hydrogen-bond donors (Lipinski definition) is 2. The molecule has 0 radical (unpaired) electrons. The quantitative estimate of drug-likeness (QED) is 0.277. The smallest absolute Gasteiger partial charge is 0.251 e. The molecule has 0 aliphatic heterocycles. The van der Waals surface area contributed by atoms with E-state index in [1.54, 1.807) is 29.2 Å². The second-order valence-corrected chi connectivity index (χ2v) is 10.6. The van der Waals surface area contributed by atoms with E-state index in [1.165, 1.54) is 12.6 Å². The van der Waals surface area contributed by atoms with Crippen molar-refractivity contribution in [1.29, 1.82) is 0 Å². The lowest BCUT2D eigenvalue weighted by Gasteiger charge is -2.39. The van der Waals surface area contributed by atoms with Crippen molar-refractivity contribution in [2.45, 2.75) is 51.6 Å². The predicted molar refractivity (Wildman–Crippen MR) is 155 cm³/mol. The number of halogens is 1. The van der Waals surface area contributed by atoms with E-state index in [0.29, 0.717) is 33.8 Å². The molecule has 1 aliphatic rings. The highest BCUT2D eigenvalue weighted by atomic mass is 19.1. The molecule has 1 saturated carbocycles. The second-order valence-electron chi connectivity index (χ2n) is 10.6. The minimum absolute atomic E-state index is 0.0877. The normalized spacial score (nSPS) is 17.6. The predicted octanol–water partition coefficient (Wildman–Crippen LogP) is 5.70. The Morgan fingerprint density at radius 2 is 1.85 bits per heavy atom. The molecule has 5 aromatic rings. The average Bonchev–Trinajstić information content (AvgIpc) is 3.57. The van der Waals surface area contributed by atoms with Gasteiger partial charge in [-0.15, -0.1) is 0 Å². The highest BCUT2D eigenvalue weighted by Gasteiger charge is 2.30. The van der Waals surface area contributed by atoms with Crippen molar-refractivity contribution in [3.05, 3.63) is 66.5 Å². The molecule has 0 bridgehead atoms. The number of hydrogen-bond acceptors (Lipinski definition) is 5. The second kappa shape index (κ2) is 10.8. The molecule has 8 nitrogen and oxygen atoms in total. The molecule has 206 valence electrons. The van der Waals surface area contributed by atoms with Crippen LogP contribution in [0.25, 0.3) is 44.3 Å². The Hall–Kier alpha value is -4.11. The molecule has 2 N–H and O–H groups in total. The molecule has 0 saturated heterocycles. The van der Waals surface area contributed by atoms with Crippen LogP contribution < -0.4 is 5.32 Å². The van der Waals surface area contributed by atoms with E-state index in [9.17, 15) is 4.79 Å². The van der Waals surface area contributed by atoms with E-state index in [1.807, 2.05) is 31.4 Å². The lowest BCUT2D eigenvalue weighted by atomic mass is 9.88. The Bertz CT molecular complexity index is 1670. The molecule has 1 fully saturated rings. The molecule has 4 aromatic heterocycles. The number of likely N-dealkylation sites (N-methyl/N-ethyl adjacent to an activating group) is 1. The molecule has 1 aromatic carbocycles. The van der Waals surface area contributed by atoms with E-state index in [-0.39, 0.29) is 11.9 Å². The van der Waals surface area contributed by atoms with Gasteiger partial charge in [0.2, 0.25) is 0 Å². The van der Waals surface area contributed by atoms with Gasteiger partial charge in [0.15, 0.2) is 0 Å². The van der Waals surface area contributed by atoms with Gasteiger partial charge in [0, 0.05) is 52.8 Å². The number of aromatic nitrogens is 5. The number of carbonyl (C=O) groups excluding carboxylic acids is 1. The molecular weight excluding hydrogens is 505 g/mol. The van der Waals surface area contributed by atoms with Crippen LogP contribution in [0.4, 0.5) is 4.39 Å². The van der Waals surface area contributed by atoms with Gasteiger partial charge < -0.3 is 10.3 Å². The van der Waals surface area contributed by atoms with E-state index < -0.39 is 5.82 Å². The summed E-state index contributed by atoms with van der Waals surface area (Å²) in [7, 11) is 1.85. The van der Waals surface area contributed by atoms with E-state index in [2.05, 4.69) is 44.1 Å². The SMILES string of the molecule is CCN(CC)[C@H]1CCCC[C@@H]1NC(=O)c1ccc(-c2c(F)cnc3[nH]c4cnc(-c5cnn(C)c5)cc4c23)cc1. The number of amides is 1. The number of rotatable bonds is 7. The third kappa shape index (κ3) is 4.75. The van der Waals surface area contributed by atoms with Crippen molar-refractivity contribution >= 4 is 27.8 Å². The summed E-state index contributed by atoms with van der Waals surface area (Å²) in [5.74, 6) is -0.509. The summed E-state index contributed by atoms with van der Waals surface area (Å²) in [6.07, 6.45) is 11.0. The van der Waals surface area contributed by atoms with Gasteiger partial charge in [-0.1, -0.05) is 38.8 Å². The number of nitrogens with one attached hydrogen (secondary N) is 2. The topological polar surface area (TPSA) is 91.7 Å². The van der Waals surface area contributed by atoms with Crippen LogP contribution in [0.3, 0.4) is 0 Å². The number of aryl methyl sites for hydroxylation is 1. The van der Waals surface area contributed by atoms with Crippen LogP contribution in [0.15, 0.2) is 55.1 Å². The monoisotopic (exact) mass is 539 g/mol. The summed E-state index contributed by atoms with van der Waals surface area (Å²) in [4.78, 5) is 27.8. The molecule has 4 heterocycles. The Balaban J connectivity index is 1.33. The summed E-state index contributed by atoms with van der Waals surface area (Å²) < 4.78 is 17.1. The summed E-state index contributed by atoms with van der Waals surface area (Å²) in [6.45, 7) is 6.30. The van der Waals surface area contributed by atoms with Crippen molar-refractivity contribution in [1.82, 2.24) is 34.9 Å². The molecule has 1 amide bonds. The summed E-state index contributed by atoms with van der Waals surface area (Å²) in [5, 5.41) is 9.05. The number of H-pyrrole nitrogens is 1. The zero-order valence-electron chi connectivity index (χ0n) is 23.1. The summed E-state index contributed by atoms with van der Waals surface area (Å²) >= 11 is 0. The number of pyridine rings is 2. The molecule has 1 aliphatic carbocycles. The number of nitrogens with zero attached hydrogens (tertiary/aromatic N) is 5. The first kappa shape index (κ1) is 26.1. The fourth-order valence-electron chi connectivity index (χ4n) is 6.18. The number of benzene rings is 1. The lowest BCUT2D eigenvalue weighted by Crippen LogP contribution is -2.53. The Morgan fingerprint density at radius 1 is 1.07 bits per heavy atom. The number of aromatic amines is 1. The highest BCUT2D eigenvalue weighted by Crippen LogP contribution is 2.36. The van der Waals surface area contributed by atoms with E-state index >= 15 is 4.39 Å². The van der Waals surface area contributed by atoms with Crippen molar-refractivity contribution in [3.8, 4) is 22.4 Å². The fourth-order valence-corrected chi connectivity index (χ4v) is 6.18. The number of fused-ring (bicyclic) bond motifs is 3. The first-order chi connectivity index (χ1) is 19.5. The van der Waals surface area contributed by atoms with Crippen LogP contribution in [0.5, 0.6) is 0 Å². The van der Waals surface area contributed by atoms with Crippen molar-refractivity contribution < 1.29 is 9.18 Å². The van der Waals surface area contributed by atoms with Gasteiger partial charge in [-0.2, -0.15) is 5.10 Å². The Morgan fingerprint density at radius 3 is 2.58 bits per heavy atom. The summed E-state index contributed by atoms with van der Waals surface area (Å²) in [6, 6.07) is 9.63. The van der Waals surface area contributed by atoms with Crippen LogP contribution in [-0.2, 0) is 7.05 Å². The van der Waals surface area contributed by atoms with Gasteiger partial charge in [0.25, 0.3) is 5.91 Å². The third-order valence-corrected chi connectivity index (χ3v) is 8.22. The molecule has 40 heavy (non-hydrogen) atoms. The van der Waals surface area contributed by atoms with Crippen LogP contribution >= 0.6 is 0 Å². The summed E-state index contributed by atoms with van der Waals surface area (Å²) in [5.41, 5.74) is 4.67. The first-order valence-corrected chi connectivity index (χ1v) is 14.1. The van der Waals surface area contributed by atoms with Crippen molar-refractivity contribution in [2.75, 3.05) is 13.1 Å². The fraction of sp³-hybridized carbons (Fsp3) is 0.355. The highest BCUT2D eigenvalue weighted by molar-refractivity contribution is 6.13. The van der Waals surface area contributed by atoms with Crippen LogP contribution in [0, 0.1) is 5.82 Å². The minimum atomic E-state index is -0.422. The lowest BCUT2D eigenvalue weighted by molar-refractivity contribution is 0.0846. The zero-order valence-corrected chi connectivity index (χ0v) is 23.1. The number of carbonyl (C=O) groups is 1. The maximum Gasteiger partial charge on any atom is 0.251 e. The Kier molecular flexibility index (Phi) is 7.06. The first-order valence-electron chi connectivity index (χ1n) is 14.1. The van der Waals surface area contributed by atoms with Crippen molar-refractivity contribution in [3.63, 3.8) is 0 Å². The zero-order chi connectivity index (χ0) is 27.8. The Labute approximate surface area is 232 Å². The maximum absolute atomic E-state index is 15.4. The van der Waals surface area contributed by atoms with Gasteiger partial charge in [-0.05, 0) is 49.7 Å². The van der Waals surface area contributed by atoms with Crippen molar-refractivity contribution in [2.24, 2.45) is 7.05 Å². The molecule has 2 atom stereocenters. The molecule has 0 spiro atoms. The molecule has 0 unspecified atom stereocenters. The van der Waals surface area contributed by atoms with Gasteiger partial charge in [-0.3, -0.25) is 19.4 Å². The van der Waals surface area contributed by atoms with Gasteiger partial charge in [-0.25, -0.2) is 9.37 Å². The average molecular weight is 540 g/mol. The van der Waals surface area contributed by atoms with E-state index in [0.717, 1.165) is 54.5 Å². The third-order valence-electron chi connectivity index (χ3n) is 8.22. The standard InChI is InChI=1S/C31H34FN7O/c1-4-39(5-2)27-9-7-6-8-24(27)37-31(40)20-12-10-19(11-13-20)28-23(32)16-34-30-29(28)22-14-25(33-17-26(22)36-30)21-15-35-38(3)18-21/h10-18,24,27H,4-9H2,1-3H3,(H,34,36)(H,37,40)/t24-,27-/m0/s1. The van der Waals surface area contributed by atoms with Gasteiger partial charge in [0.05, 0.1) is 29.8 Å². The van der Waals surface area contributed by atoms with Crippen LogP contribution in [0.1, 0.15) is 49.9 Å². The van der Waals surface area contributed by atoms with Crippen LogP contribution in [-0.4, -0.2) is 60.7 Å². The van der Waals surface area contributed by atoms with Gasteiger partial charge >= 0.3 is 0 Å². The molecular formula is C31H34FN7O. The maximum atomic E-state index is 15.4. The molecule has 9 heteroatoms. The molecule has 6 rings (SSSR count). The van der Waals surface area contributed by atoms with E-state index in [4.69, 9.17) is 0 Å². The van der Waals surface area contributed by atoms with Gasteiger partial charge in [0.1, 0.15) is 11.5 Å². The largest absolute Gasteiger partial charge is 0.348 e.